The van der Waals surface area contributed by atoms with Crippen molar-refractivity contribution in [3.8, 4) is 0 Å². The largest absolute Gasteiger partial charge is 0.360 e. The maximum atomic E-state index is 12.5. The summed E-state index contributed by atoms with van der Waals surface area (Å²) in [5, 5.41) is 9.48. The lowest BCUT2D eigenvalue weighted by atomic mass is 10.1. The van der Waals surface area contributed by atoms with E-state index < -0.39 is 11.9 Å². The van der Waals surface area contributed by atoms with E-state index in [0.29, 0.717) is 25.0 Å². The smallest absolute Gasteiger partial charge is 0.274 e. The molecule has 1 aliphatic rings. The van der Waals surface area contributed by atoms with E-state index in [1.54, 1.807) is 6.07 Å². The Morgan fingerprint density at radius 2 is 1.93 bits per heavy atom. The fraction of sp³-hybridized carbons (Fsp3) is 0.190. The van der Waals surface area contributed by atoms with Gasteiger partial charge in [-0.2, -0.15) is 0 Å². The highest BCUT2D eigenvalue weighted by molar-refractivity contribution is 6.01. The number of aryl methyl sites for hydroxylation is 1. The van der Waals surface area contributed by atoms with Crippen LogP contribution in [-0.4, -0.2) is 23.0 Å². The molecule has 2 aromatic carbocycles. The maximum Gasteiger partial charge on any atom is 0.274 e. The number of anilines is 1. The minimum atomic E-state index is -0.612. The molecule has 0 saturated heterocycles. The van der Waals surface area contributed by atoms with Crippen LogP contribution in [0.2, 0.25) is 0 Å². The second-order valence-corrected chi connectivity index (χ2v) is 6.55. The highest BCUT2D eigenvalue weighted by Crippen LogP contribution is 2.21. The number of nitrogens with one attached hydrogen (secondary N) is 2. The fourth-order valence-corrected chi connectivity index (χ4v) is 3.18. The molecule has 4 rings (SSSR count). The summed E-state index contributed by atoms with van der Waals surface area (Å²) in [6.45, 7) is 0. The minimum absolute atomic E-state index is 0.176. The standard InChI is InChI=1S/C21H19N3O3/c25-20-18(11-10-15-8-4-5-9-17(15)22-20)23-21(26)19-13-16(27-24-19)12-14-6-2-1-3-7-14/h1-9,13,18H,10-12H2,(H,22,25)(H,23,26)/t18-/m1/s1. The summed E-state index contributed by atoms with van der Waals surface area (Å²) < 4.78 is 5.27. The van der Waals surface area contributed by atoms with Gasteiger partial charge >= 0.3 is 0 Å². The van der Waals surface area contributed by atoms with E-state index >= 15 is 0 Å². The Hall–Kier alpha value is -3.41. The molecule has 1 aromatic heterocycles. The predicted molar refractivity (Wildman–Crippen MR) is 100 cm³/mol. The third-order valence-corrected chi connectivity index (χ3v) is 4.61. The molecule has 27 heavy (non-hydrogen) atoms. The number of benzene rings is 2. The second-order valence-electron chi connectivity index (χ2n) is 6.55. The molecule has 0 bridgehead atoms. The van der Waals surface area contributed by atoms with Crippen LogP contribution in [0.25, 0.3) is 0 Å². The molecule has 2 heterocycles. The van der Waals surface area contributed by atoms with Gasteiger partial charge in [0.25, 0.3) is 5.91 Å². The first kappa shape index (κ1) is 17.0. The number of carbonyl (C=O) groups is 2. The summed E-state index contributed by atoms with van der Waals surface area (Å²) in [6, 6.07) is 18.5. The maximum absolute atomic E-state index is 12.5. The fourth-order valence-electron chi connectivity index (χ4n) is 3.18. The minimum Gasteiger partial charge on any atom is -0.360 e. The molecule has 6 nitrogen and oxygen atoms in total. The molecular formula is C21H19N3O3. The van der Waals surface area contributed by atoms with Crippen LogP contribution in [0.5, 0.6) is 0 Å². The Kier molecular flexibility index (Phi) is 4.70. The Morgan fingerprint density at radius 3 is 2.78 bits per heavy atom. The van der Waals surface area contributed by atoms with E-state index in [1.165, 1.54) is 0 Å². The molecule has 6 heteroatoms. The van der Waals surface area contributed by atoms with E-state index in [4.69, 9.17) is 4.52 Å². The molecule has 1 aliphatic heterocycles. The third kappa shape index (κ3) is 3.89. The van der Waals surface area contributed by atoms with Crippen molar-refractivity contribution < 1.29 is 14.1 Å². The summed E-state index contributed by atoms with van der Waals surface area (Å²) >= 11 is 0. The molecule has 0 unspecified atom stereocenters. The number of nitrogens with zero attached hydrogens (tertiary/aromatic N) is 1. The second kappa shape index (κ2) is 7.45. The van der Waals surface area contributed by atoms with Crippen LogP contribution in [0, 0.1) is 0 Å². The molecule has 0 saturated carbocycles. The summed E-state index contributed by atoms with van der Waals surface area (Å²) in [6.07, 6.45) is 1.79. The Bertz CT molecular complexity index is 966. The number of carbonyl (C=O) groups excluding carboxylic acids is 2. The van der Waals surface area contributed by atoms with E-state index in [-0.39, 0.29) is 11.6 Å². The van der Waals surface area contributed by atoms with Gasteiger partial charge in [0.15, 0.2) is 5.69 Å². The molecule has 0 radical (unpaired) electrons. The Balaban J connectivity index is 1.41. The molecule has 2 amide bonds. The highest BCUT2D eigenvalue weighted by atomic mass is 16.5. The molecule has 0 fully saturated rings. The van der Waals surface area contributed by atoms with Gasteiger partial charge in [-0.3, -0.25) is 9.59 Å². The molecular weight excluding hydrogens is 342 g/mol. The zero-order valence-electron chi connectivity index (χ0n) is 14.6. The van der Waals surface area contributed by atoms with Gasteiger partial charge in [-0.05, 0) is 30.0 Å². The van der Waals surface area contributed by atoms with Crippen LogP contribution in [0.1, 0.15) is 33.8 Å². The van der Waals surface area contributed by atoms with Gasteiger partial charge in [0.2, 0.25) is 5.91 Å². The topological polar surface area (TPSA) is 84.2 Å². The van der Waals surface area contributed by atoms with E-state index in [2.05, 4.69) is 15.8 Å². The zero-order valence-corrected chi connectivity index (χ0v) is 14.6. The van der Waals surface area contributed by atoms with Gasteiger partial charge in [-0.15, -0.1) is 0 Å². The number of fused-ring (bicyclic) bond motifs is 1. The van der Waals surface area contributed by atoms with Gasteiger partial charge in [0.1, 0.15) is 11.8 Å². The average Bonchev–Trinajstić information content (AvgIpc) is 3.09. The van der Waals surface area contributed by atoms with Crippen molar-refractivity contribution in [1.82, 2.24) is 10.5 Å². The first-order valence-electron chi connectivity index (χ1n) is 8.88. The summed E-state index contributed by atoms with van der Waals surface area (Å²) in [5.41, 5.74) is 3.11. The molecule has 2 N–H and O–H groups in total. The third-order valence-electron chi connectivity index (χ3n) is 4.61. The highest BCUT2D eigenvalue weighted by Gasteiger charge is 2.26. The summed E-state index contributed by atoms with van der Waals surface area (Å²) in [4.78, 5) is 24.9. The van der Waals surface area contributed by atoms with E-state index in [1.807, 2.05) is 54.6 Å². The van der Waals surface area contributed by atoms with Crippen molar-refractivity contribution >= 4 is 17.5 Å². The lowest BCUT2D eigenvalue weighted by molar-refractivity contribution is -0.118. The number of para-hydroxylation sites is 1. The lowest BCUT2D eigenvalue weighted by Crippen LogP contribution is -2.43. The number of hydrogen-bond donors (Lipinski definition) is 2. The van der Waals surface area contributed by atoms with Crippen molar-refractivity contribution in [2.45, 2.75) is 25.3 Å². The Morgan fingerprint density at radius 1 is 1.15 bits per heavy atom. The molecule has 0 aliphatic carbocycles. The van der Waals surface area contributed by atoms with Gasteiger partial charge in [-0.25, -0.2) is 0 Å². The monoisotopic (exact) mass is 361 g/mol. The molecule has 3 aromatic rings. The van der Waals surface area contributed by atoms with Crippen LogP contribution in [0.15, 0.2) is 65.2 Å². The summed E-state index contributed by atoms with van der Waals surface area (Å²) in [5.74, 6) is -0.0328. The van der Waals surface area contributed by atoms with Crippen molar-refractivity contribution in [2.24, 2.45) is 0 Å². The first-order chi connectivity index (χ1) is 13.2. The van der Waals surface area contributed by atoms with E-state index in [0.717, 1.165) is 16.8 Å². The van der Waals surface area contributed by atoms with Crippen LogP contribution < -0.4 is 10.6 Å². The van der Waals surface area contributed by atoms with Crippen LogP contribution in [0.4, 0.5) is 5.69 Å². The van der Waals surface area contributed by atoms with Crippen molar-refractivity contribution in [3.05, 3.63) is 83.2 Å². The normalized spacial score (nSPS) is 16.1. The van der Waals surface area contributed by atoms with Crippen molar-refractivity contribution in [1.29, 1.82) is 0 Å². The van der Waals surface area contributed by atoms with Gasteiger partial charge in [0, 0.05) is 18.2 Å². The van der Waals surface area contributed by atoms with Crippen molar-refractivity contribution in [3.63, 3.8) is 0 Å². The number of amides is 2. The molecule has 1 atom stereocenters. The number of aromatic nitrogens is 1. The van der Waals surface area contributed by atoms with Gasteiger partial charge in [-0.1, -0.05) is 53.7 Å². The SMILES string of the molecule is O=C(N[C@@H]1CCc2ccccc2NC1=O)c1cc(Cc2ccccc2)on1. The Labute approximate surface area is 156 Å². The zero-order chi connectivity index (χ0) is 18.6. The number of rotatable bonds is 4. The molecule has 0 spiro atoms. The number of hydrogen-bond acceptors (Lipinski definition) is 4. The quantitative estimate of drug-likeness (QED) is 0.748. The van der Waals surface area contributed by atoms with Crippen LogP contribution in [0.3, 0.4) is 0 Å². The summed E-state index contributed by atoms with van der Waals surface area (Å²) in [7, 11) is 0. The van der Waals surface area contributed by atoms with Crippen molar-refractivity contribution in [2.75, 3.05) is 5.32 Å². The predicted octanol–water partition coefficient (Wildman–Crippen LogP) is 2.95. The van der Waals surface area contributed by atoms with E-state index in [9.17, 15) is 9.59 Å². The van der Waals surface area contributed by atoms with Gasteiger partial charge < -0.3 is 15.2 Å². The average molecular weight is 361 g/mol. The molecule has 136 valence electrons. The van der Waals surface area contributed by atoms with Crippen LogP contribution >= 0.6 is 0 Å². The van der Waals surface area contributed by atoms with Crippen LogP contribution in [-0.2, 0) is 17.6 Å². The van der Waals surface area contributed by atoms with Gasteiger partial charge in [0.05, 0.1) is 0 Å². The first-order valence-corrected chi connectivity index (χ1v) is 8.88. The lowest BCUT2D eigenvalue weighted by Gasteiger charge is -2.14.